The van der Waals surface area contributed by atoms with E-state index >= 15 is 0 Å². The highest BCUT2D eigenvalue weighted by Gasteiger charge is 2.14. The van der Waals surface area contributed by atoms with Gasteiger partial charge >= 0.3 is 5.97 Å². The van der Waals surface area contributed by atoms with Crippen molar-refractivity contribution in [3.63, 3.8) is 0 Å². The predicted molar refractivity (Wildman–Crippen MR) is 69.5 cm³/mol. The van der Waals surface area contributed by atoms with E-state index in [0.717, 1.165) is 0 Å². The molecule has 0 spiro atoms. The minimum atomic E-state index is -0.537. The van der Waals surface area contributed by atoms with Gasteiger partial charge in [-0.05, 0) is 31.3 Å². The Labute approximate surface area is 110 Å². The number of anilines is 1. The number of aliphatic hydroxyl groups excluding tert-OH is 1. The molecule has 0 saturated carbocycles. The summed E-state index contributed by atoms with van der Waals surface area (Å²) in [6, 6.07) is 3.29. The third-order valence-corrected chi connectivity index (χ3v) is 2.06. The molecule has 6 nitrogen and oxygen atoms in total. The maximum Gasteiger partial charge on any atom is 0.359 e. The Morgan fingerprint density at radius 1 is 1.56 bits per heavy atom. The molecule has 0 atom stereocenters. The zero-order valence-corrected chi connectivity index (χ0v) is 10.7. The zero-order chi connectivity index (χ0) is 13.4. The number of esters is 1. The molecule has 0 unspecified atom stereocenters. The number of rotatable bonds is 5. The summed E-state index contributed by atoms with van der Waals surface area (Å²) in [5, 5.41) is 11.4. The smallest absolute Gasteiger partial charge is 0.359 e. The molecule has 0 radical (unpaired) electrons. The highest BCUT2D eigenvalue weighted by atomic mass is 32.1. The van der Waals surface area contributed by atoms with Crippen LogP contribution in [0.2, 0.25) is 0 Å². The Kier molecular flexibility index (Phi) is 6.03. The number of ether oxygens (including phenoxy) is 2. The highest BCUT2D eigenvalue weighted by Crippen LogP contribution is 2.13. The maximum absolute atomic E-state index is 11.6. The Hall–Kier alpha value is -1.73. The number of aliphatic hydroxyl groups is 1. The molecule has 1 heterocycles. The van der Waals surface area contributed by atoms with Gasteiger partial charge in [-0.25, -0.2) is 9.78 Å². The van der Waals surface area contributed by atoms with Crippen molar-refractivity contribution in [2.75, 3.05) is 25.1 Å². The summed E-state index contributed by atoms with van der Waals surface area (Å²) >= 11 is 4.89. The lowest BCUT2D eigenvalue weighted by molar-refractivity contribution is 0.0521. The molecule has 0 bridgehead atoms. The Balaban J connectivity index is 2.76. The van der Waals surface area contributed by atoms with E-state index in [1.54, 1.807) is 19.1 Å². The summed E-state index contributed by atoms with van der Waals surface area (Å²) in [5.74, 6) is -0.537. The molecule has 98 valence electrons. The van der Waals surface area contributed by atoms with Crippen molar-refractivity contribution in [1.29, 1.82) is 0 Å². The quantitative estimate of drug-likeness (QED) is 0.609. The number of carbonyl (C=O) groups is 1. The highest BCUT2D eigenvalue weighted by molar-refractivity contribution is 7.80. The predicted octanol–water partition coefficient (Wildman–Crippen LogP) is 0.964. The van der Waals surface area contributed by atoms with E-state index in [0.29, 0.717) is 5.69 Å². The van der Waals surface area contributed by atoms with Crippen molar-refractivity contribution in [3.05, 3.63) is 24.0 Å². The number of hydrogen-bond acceptors (Lipinski definition) is 6. The molecule has 1 aromatic heterocycles. The lowest BCUT2D eigenvalue weighted by Crippen LogP contribution is -2.18. The second-order valence-electron chi connectivity index (χ2n) is 3.10. The van der Waals surface area contributed by atoms with Crippen LogP contribution in [0.1, 0.15) is 17.4 Å². The molecule has 1 rings (SSSR count). The summed E-state index contributed by atoms with van der Waals surface area (Å²) < 4.78 is 9.85. The van der Waals surface area contributed by atoms with Gasteiger partial charge in [-0.2, -0.15) is 0 Å². The van der Waals surface area contributed by atoms with Gasteiger partial charge in [-0.3, -0.25) is 0 Å². The van der Waals surface area contributed by atoms with E-state index in [4.69, 9.17) is 26.8 Å². The van der Waals surface area contributed by atoms with Crippen molar-refractivity contribution in [2.24, 2.45) is 0 Å². The lowest BCUT2D eigenvalue weighted by Gasteiger charge is -2.11. The number of pyridine rings is 1. The number of nitrogens with zero attached hydrogens (tertiary/aromatic N) is 1. The van der Waals surface area contributed by atoms with Crippen LogP contribution in [-0.2, 0) is 9.47 Å². The number of thiocarbonyl (C=S) groups is 1. The van der Waals surface area contributed by atoms with Crippen molar-refractivity contribution in [3.8, 4) is 0 Å². The molecule has 0 amide bonds. The SMILES string of the molecule is CCOC(=O)c1ncccc1NC(=S)OCCO. The van der Waals surface area contributed by atoms with E-state index in [2.05, 4.69) is 10.3 Å². The third-order valence-electron chi connectivity index (χ3n) is 1.84. The maximum atomic E-state index is 11.6. The van der Waals surface area contributed by atoms with Gasteiger partial charge in [0.25, 0.3) is 5.17 Å². The Morgan fingerprint density at radius 3 is 3.00 bits per heavy atom. The number of nitrogens with one attached hydrogen (secondary N) is 1. The Morgan fingerprint density at radius 2 is 2.33 bits per heavy atom. The van der Waals surface area contributed by atoms with E-state index < -0.39 is 5.97 Å². The molecule has 18 heavy (non-hydrogen) atoms. The summed E-state index contributed by atoms with van der Waals surface area (Å²) in [4.78, 5) is 15.5. The summed E-state index contributed by atoms with van der Waals surface area (Å²) in [5.41, 5.74) is 0.535. The van der Waals surface area contributed by atoms with Crippen LogP contribution in [0.15, 0.2) is 18.3 Å². The van der Waals surface area contributed by atoms with Crippen molar-refractivity contribution >= 4 is 29.0 Å². The minimum Gasteiger partial charge on any atom is -0.468 e. The van der Waals surface area contributed by atoms with E-state index in [-0.39, 0.29) is 30.7 Å². The van der Waals surface area contributed by atoms with Crippen LogP contribution in [0.3, 0.4) is 0 Å². The molecule has 0 saturated heterocycles. The van der Waals surface area contributed by atoms with Crippen LogP contribution in [0.5, 0.6) is 0 Å². The standard InChI is InChI=1S/C11H14N2O4S/c1-2-16-10(15)9-8(4-3-5-12-9)13-11(18)17-7-6-14/h3-5,14H,2,6-7H2,1H3,(H,13,18). The normalized spacial score (nSPS) is 9.67. The first-order chi connectivity index (χ1) is 8.69. The number of aromatic nitrogens is 1. The van der Waals surface area contributed by atoms with Crippen LogP contribution in [0.25, 0.3) is 0 Å². The molecule has 0 aromatic carbocycles. The van der Waals surface area contributed by atoms with Crippen molar-refractivity contribution < 1.29 is 19.4 Å². The molecule has 0 fully saturated rings. The summed E-state index contributed by atoms with van der Waals surface area (Å²) in [6.45, 7) is 1.92. The van der Waals surface area contributed by atoms with Crippen molar-refractivity contribution in [2.45, 2.75) is 6.92 Å². The summed E-state index contributed by atoms with van der Waals surface area (Å²) in [7, 11) is 0. The number of hydrogen-bond donors (Lipinski definition) is 2. The number of carbonyl (C=O) groups excluding carboxylic acids is 1. The molecule has 0 aliphatic rings. The largest absolute Gasteiger partial charge is 0.468 e. The average Bonchev–Trinajstić information content (AvgIpc) is 2.37. The molecule has 2 N–H and O–H groups in total. The van der Waals surface area contributed by atoms with Gasteiger partial charge in [-0.1, -0.05) is 0 Å². The second-order valence-corrected chi connectivity index (χ2v) is 3.48. The first-order valence-electron chi connectivity index (χ1n) is 5.35. The van der Waals surface area contributed by atoms with E-state index in [9.17, 15) is 4.79 Å². The van der Waals surface area contributed by atoms with Crippen LogP contribution < -0.4 is 5.32 Å². The van der Waals surface area contributed by atoms with Gasteiger partial charge in [0.2, 0.25) is 0 Å². The minimum absolute atomic E-state index is 0.0580. The van der Waals surface area contributed by atoms with Gasteiger partial charge < -0.3 is 19.9 Å². The van der Waals surface area contributed by atoms with Crippen LogP contribution in [0.4, 0.5) is 5.69 Å². The van der Waals surface area contributed by atoms with Gasteiger partial charge in [0, 0.05) is 6.20 Å². The first kappa shape index (κ1) is 14.3. The summed E-state index contributed by atoms with van der Waals surface area (Å²) in [6.07, 6.45) is 1.48. The fourth-order valence-corrected chi connectivity index (χ4v) is 1.35. The van der Waals surface area contributed by atoms with Crippen molar-refractivity contribution in [1.82, 2.24) is 4.98 Å². The van der Waals surface area contributed by atoms with Gasteiger partial charge in [0.05, 0.1) is 18.9 Å². The van der Waals surface area contributed by atoms with E-state index in [1.165, 1.54) is 6.20 Å². The van der Waals surface area contributed by atoms with Crippen LogP contribution >= 0.6 is 12.2 Å². The van der Waals surface area contributed by atoms with Gasteiger partial charge in [0.1, 0.15) is 6.61 Å². The van der Waals surface area contributed by atoms with Gasteiger partial charge in [-0.15, -0.1) is 0 Å². The van der Waals surface area contributed by atoms with Crippen LogP contribution in [-0.4, -0.2) is 41.1 Å². The zero-order valence-electron chi connectivity index (χ0n) is 9.88. The fraction of sp³-hybridized carbons (Fsp3) is 0.364. The molecule has 0 aliphatic heterocycles. The first-order valence-corrected chi connectivity index (χ1v) is 5.76. The molecule has 7 heteroatoms. The second kappa shape index (κ2) is 7.57. The fourth-order valence-electron chi connectivity index (χ4n) is 1.15. The van der Waals surface area contributed by atoms with E-state index in [1.807, 2.05) is 0 Å². The molecule has 1 aromatic rings. The van der Waals surface area contributed by atoms with Crippen LogP contribution in [0, 0.1) is 0 Å². The monoisotopic (exact) mass is 270 g/mol. The molecule has 0 aliphatic carbocycles. The lowest BCUT2D eigenvalue weighted by atomic mass is 10.3. The topological polar surface area (TPSA) is 80.7 Å². The molecular weight excluding hydrogens is 256 g/mol. The third kappa shape index (κ3) is 4.27. The van der Waals surface area contributed by atoms with Gasteiger partial charge in [0.15, 0.2) is 5.69 Å². The molecular formula is C11H14N2O4S. The Bertz CT molecular complexity index is 425. The average molecular weight is 270 g/mol.